The van der Waals surface area contributed by atoms with Crippen molar-refractivity contribution in [3.63, 3.8) is 0 Å². The van der Waals surface area contributed by atoms with Crippen molar-refractivity contribution in [2.45, 2.75) is 0 Å². The van der Waals surface area contributed by atoms with Gasteiger partial charge in [0.25, 0.3) is 0 Å². The van der Waals surface area contributed by atoms with Gasteiger partial charge >= 0.3 is 125 Å². The Bertz CT molecular complexity index is 254. The second-order valence-corrected chi connectivity index (χ2v) is 3.74. The molecule has 16 heavy (non-hydrogen) atoms. The molecule has 4 N–H and O–H groups in total. The largest absolute Gasteiger partial charge is 1.00 e. The van der Waals surface area contributed by atoms with E-state index in [0.717, 1.165) is 0 Å². The van der Waals surface area contributed by atoms with Gasteiger partial charge in [-0.1, -0.05) is 0 Å². The molecule has 2 radical (unpaired) electrons. The van der Waals surface area contributed by atoms with E-state index < -0.39 is 21.8 Å². The van der Waals surface area contributed by atoms with Crippen molar-refractivity contribution in [1.29, 1.82) is 0 Å². The molecule has 0 bridgehead atoms. The van der Waals surface area contributed by atoms with E-state index in [1.807, 2.05) is 0 Å². The third-order valence-corrected chi connectivity index (χ3v) is 1.16. The number of phosphoric ester groups is 2. The summed E-state index contributed by atoms with van der Waals surface area (Å²) in [7, 11) is -10.3. The Kier molecular flexibility index (Phi) is 28.8. The molecule has 0 spiro atoms. The minimum atomic E-state index is -5.13. The van der Waals surface area contributed by atoms with Crippen molar-refractivity contribution in [3.8, 4) is 0 Å². The first-order valence-corrected chi connectivity index (χ1v) is 5.20. The second-order valence-electron chi connectivity index (χ2n) is 1.41. The van der Waals surface area contributed by atoms with E-state index in [1.54, 1.807) is 0 Å². The van der Waals surface area contributed by atoms with Crippen LogP contribution >= 0.6 is 15.6 Å². The summed E-state index contributed by atoms with van der Waals surface area (Å²) in [5, 5.41) is 0. The zero-order valence-corrected chi connectivity index (χ0v) is 18.8. The van der Waals surface area contributed by atoms with Crippen molar-refractivity contribution >= 4 is 21.8 Å². The molecule has 0 heterocycles. The fraction of sp³-hybridized carbons (Fsp3) is 0. The SMILES string of the molecule is O=C(OP(=O)(O)O)OP(=O)(O)O.[Ag].[Ag].[H-].[H-].[K+].[K+]. The van der Waals surface area contributed by atoms with Crippen LogP contribution in [0.25, 0.3) is 0 Å². The van der Waals surface area contributed by atoms with Gasteiger partial charge in [0.15, 0.2) is 0 Å². The van der Waals surface area contributed by atoms with Crippen LogP contribution in [0.1, 0.15) is 2.85 Å². The van der Waals surface area contributed by atoms with E-state index in [2.05, 4.69) is 9.05 Å². The molecule has 0 amide bonds. The molecule has 0 aromatic heterocycles. The topological polar surface area (TPSA) is 151 Å². The molecule has 0 aliphatic carbocycles. The van der Waals surface area contributed by atoms with Crippen LogP contribution in [0, 0.1) is 0 Å². The predicted octanol–water partition coefficient (Wildman–Crippen LogP) is -6.45. The average Bonchev–Trinajstić information content (AvgIpc) is 1.49. The Morgan fingerprint density at radius 1 is 0.875 bits per heavy atom. The molecular weight excluding hydrogens is 512 g/mol. The predicted molar refractivity (Wildman–Crippen MR) is 33.9 cm³/mol. The van der Waals surface area contributed by atoms with Crippen molar-refractivity contribution in [2.24, 2.45) is 0 Å². The summed E-state index contributed by atoms with van der Waals surface area (Å²) in [6.07, 6.45) is -2.14. The van der Waals surface area contributed by atoms with Gasteiger partial charge in [-0.05, 0) is 0 Å². The Hall–Kier alpha value is 4.32. The van der Waals surface area contributed by atoms with E-state index in [9.17, 15) is 13.9 Å². The van der Waals surface area contributed by atoms with E-state index >= 15 is 0 Å². The number of carbonyl (C=O) groups is 1. The molecule has 0 saturated carbocycles. The van der Waals surface area contributed by atoms with Crippen LogP contribution in [0.3, 0.4) is 0 Å². The first-order chi connectivity index (χ1) is 5.10. The van der Waals surface area contributed by atoms with Gasteiger partial charge in [-0.2, -0.15) is 0 Å². The molecule has 0 aromatic rings. The van der Waals surface area contributed by atoms with Crippen LogP contribution in [0.15, 0.2) is 0 Å². The van der Waals surface area contributed by atoms with Gasteiger partial charge in [0, 0.05) is 44.8 Å². The first kappa shape index (κ1) is 32.3. The molecular formula is CH6Ag2K2O9P2. The minimum Gasteiger partial charge on any atom is -1.00 e. The number of hydrogen-bond acceptors (Lipinski definition) is 5. The van der Waals surface area contributed by atoms with Gasteiger partial charge in [0.05, 0.1) is 0 Å². The van der Waals surface area contributed by atoms with Crippen LogP contribution in [0.2, 0.25) is 0 Å². The first-order valence-electron chi connectivity index (χ1n) is 2.14. The Labute approximate surface area is 209 Å². The molecule has 0 aliphatic heterocycles. The zero-order valence-electron chi connectivity index (χ0n) is 9.83. The van der Waals surface area contributed by atoms with Gasteiger partial charge in [-0.25, -0.2) is 13.9 Å². The number of rotatable bonds is 2. The van der Waals surface area contributed by atoms with Crippen LogP contribution in [0.5, 0.6) is 0 Å². The quantitative estimate of drug-likeness (QED) is 0.207. The van der Waals surface area contributed by atoms with Gasteiger partial charge in [0.2, 0.25) is 0 Å². The number of phosphoric acid groups is 2. The van der Waals surface area contributed by atoms with Crippen molar-refractivity contribution in [2.75, 3.05) is 0 Å². The molecule has 0 unspecified atom stereocenters. The standard InChI is InChI=1S/CH4O9P2.2Ag.2K.2H/c2-1(9-11(3,4)5)10-12(6,7)8;;;;;;/h(H2,3,4,5)(H2,6,7,8);;;;;;/q;;;2*+1;2*-1. The fourth-order valence-electron chi connectivity index (χ4n) is 0.211. The third-order valence-electron chi connectivity index (χ3n) is 0.387. The van der Waals surface area contributed by atoms with E-state index in [4.69, 9.17) is 19.6 Å². The Morgan fingerprint density at radius 2 is 1.06 bits per heavy atom. The molecule has 98 valence electrons. The Morgan fingerprint density at radius 3 is 1.19 bits per heavy atom. The molecule has 0 rings (SSSR count). The molecule has 0 aromatic carbocycles. The van der Waals surface area contributed by atoms with Gasteiger partial charge in [-0.3, -0.25) is 19.6 Å². The molecule has 0 saturated heterocycles. The minimum absolute atomic E-state index is 0. The summed E-state index contributed by atoms with van der Waals surface area (Å²) < 4.78 is 25.9. The summed E-state index contributed by atoms with van der Waals surface area (Å²) in [5.74, 6) is 0. The second kappa shape index (κ2) is 14.3. The zero-order chi connectivity index (χ0) is 9.99. The average molecular weight is 518 g/mol. The molecule has 0 aliphatic rings. The maximum absolute atomic E-state index is 10.0. The third kappa shape index (κ3) is 26.8. The monoisotopic (exact) mass is 516 g/mol. The van der Waals surface area contributed by atoms with Crippen LogP contribution in [-0.2, 0) is 62.9 Å². The van der Waals surface area contributed by atoms with Gasteiger partial charge < -0.3 is 11.9 Å². The summed E-state index contributed by atoms with van der Waals surface area (Å²) >= 11 is 0. The molecule has 0 fully saturated rings. The van der Waals surface area contributed by atoms with Crippen LogP contribution < -0.4 is 103 Å². The Balaban J connectivity index is -0.0000000403. The van der Waals surface area contributed by atoms with E-state index in [0.29, 0.717) is 0 Å². The normalized spacial score (nSPS) is 9.25. The van der Waals surface area contributed by atoms with Crippen molar-refractivity contribution in [1.82, 2.24) is 0 Å². The van der Waals surface area contributed by atoms with Crippen LogP contribution in [0.4, 0.5) is 4.79 Å². The summed E-state index contributed by atoms with van der Waals surface area (Å²) in [5.41, 5.74) is 0. The van der Waals surface area contributed by atoms with Crippen molar-refractivity contribution < 1.29 is 193 Å². The van der Waals surface area contributed by atoms with Gasteiger partial charge in [0.1, 0.15) is 0 Å². The maximum Gasteiger partial charge on any atom is 1.00 e. The van der Waals surface area contributed by atoms with Gasteiger partial charge in [-0.15, -0.1) is 0 Å². The van der Waals surface area contributed by atoms with E-state index in [-0.39, 0.29) is 150 Å². The summed E-state index contributed by atoms with van der Waals surface area (Å²) in [4.78, 5) is 41.7. The number of carbonyl (C=O) groups excluding carboxylic acids is 1. The van der Waals surface area contributed by atoms with E-state index in [1.165, 1.54) is 0 Å². The fourth-order valence-corrected chi connectivity index (χ4v) is 0.733. The molecule has 9 nitrogen and oxygen atoms in total. The number of hydrogen-bond donors (Lipinski definition) is 4. The van der Waals surface area contributed by atoms with Crippen molar-refractivity contribution in [3.05, 3.63) is 0 Å². The molecule has 15 heteroatoms. The summed E-state index contributed by atoms with van der Waals surface area (Å²) in [6, 6.07) is 0. The smallest absolute Gasteiger partial charge is 1.00 e. The maximum atomic E-state index is 10.0. The molecule has 0 atom stereocenters. The summed E-state index contributed by atoms with van der Waals surface area (Å²) in [6.45, 7) is 0. The van der Waals surface area contributed by atoms with Crippen LogP contribution in [-0.4, -0.2) is 25.7 Å².